The zero-order chi connectivity index (χ0) is 19.4. The molecule has 5 nitrogen and oxygen atoms in total. The van der Waals surface area contributed by atoms with Crippen molar-refractivity contribution >= 4 is 11.7 Å². The molecule has 0 aliphatic carbocycles. The monoisotopic (exact) mass is 374 g/mol. The van der Waals surface area contributed by atoms with E-state index in [1.54, 1.807) is 23.1 Å². The van der Waals surface area contributed by atoms with Gasteiger partial charge in [-0.3, -0.25) is 4.79 Å². The molecule has 140 valence electrons. The third-order valence-electron chi connectivity index (χ3n) is 4.38. The van der Waals surface area contributed by atoms with Gasteiger partial charge in [-0.15, -0.1) is 0 Å². The Morgan fingerprint density at radius 2 is 2.04 bits per heavy atom. The molecule has 0 spiro atoms. The zero-order valence-corrected chi connectivity index (χ0v) is 14.3. The number of aromatic nitrogens is 1. The average Bonchev–Trinajstić information content (AvgIpc) is 3.05. The van der Waals surface area contributed by atoms with Gasteiger partial charge in [-0.25, -0.2) is 4.98 Å². The van der Waals surface area contributed by atoms with Gasteiger partial charge in [-0.05, 0) is 36.2 Å². The molecule has 1 aliphatic heterocycles. The Balaban J connectivity index is 1.92. The summed E-state index contributed by atoms with van der Waals surface area (Å²) in [7, 11) is 0. The lowest BCUT2D eigenvalue weighted by atomic mass is 10.0. The van der Waals surface area contributed by atoms with Crippen LogP contribution in [0.4, 0.5) is 19.0 Å². The first-order valence-corrected chi connectivity index (χ1v) is 8.45. The Kier molecular flexibility index (Phi) is 5.31. The highest BCUT2D eigenvalue weighted by molar-refractivity contribution is 5.78. The van der Waals surface area contributed by atoms with Crippen molar-refractivity contribution in [2.45, 2.75) is 25.1 Å². The molecule has 8 heteroatoms. The van der Waals surface area contributed by atoms with Crippen LogP contribution >= 0.6 is 0 Å². The maximum Gasteiger partial charge on any atom is 0.416 e. The van der Waals surface area contributed by atoms with Gasteiger partial charge in [0.2, 0.25) is 5.91 Å². The highest BCUT2D eigenvalue weighted by atomic mass is 19.4. The molecule has 0 bridgehead atoms. The van der Waals surface area contributed by atoms with Gasteiger partial charge >= 0.3 is 6.18 Å². The van der Waals surface area contributed by atoms with Crippen molar-refractivity contribution in [3.63, 3.8) is 0 Å². The van der Waals surface area contributed by atoms with Crippen LogP contribution in [-0.2, 0) is 11.0 Å². The molecule has 1 atom stereocenters. The van der Waals surface area contributed by atoms with Crippen LogP contribution in [0, 0.1) is 11.3 Å². The molecule has 3 rings (SSSR count). The second-order valence-electron chi connectivity index (χ2n) is 6.28. The fraction of sp³-hybridized carbons (Fsp3) is 0.316. The number of hydrogen-bond acceptors (Lipinski definition) is 4. The highest BCUT2D eigenvalue weighted by Crippen LogP contribution is 2.32. The van der Waals surface area contributed by atoms with Crippen molar-refractivity contribution in [2.75, 3.05) is 18.4 Å². The standard InChI is InChI=1S/C19H17F3N4O/c20-19(21,22)14-5-1-4-13(10-14)16(12-26-9-3-8-18(26)27)25-17-7-2-6-15(11-23)24-17/h1-2,4-7,10,16H,3,8-9,12H2,(H,24,25). The summed E-state index contributed by atoms with van der Waals surface area (Å²) < 4.78 is 39.3. The summed E-state index contributed by atoms with van der Waals surface area (Å²) in [6.07, 6.45) is -3.28. The lowest BCUT2D eigenvalue weighted by Crippen LogP contribution is -2.33. The van der Waals surface area contributed by atoms with Gasteiger partial charge in [0.25, 0.3) is 0 Å². The molecule has 1 fully saturated rings. The molecule has 27 heavy (non-hydrogen) atoms. The number of pyridine rings is 1. The molecule has 1 amide bonds. The van der Waals surface area contributed by atoms with Crippen LogP contribution in [0.15, 0.2) is 42.5 Å². The maximum atomic E-state index is 13.1. The number of anilines is 1. The Morgan fingerprint density at radius 1 is 1.26 bits per heavy atom. The fourth-order valence-corrected chi connectivity index (χ4v) is 3.04. The smallest absolute Gasteiger partial charge is 0.361 e. The first-order valence-electron chi connectivity index (χ1n) is 8.45. The van der Waals surface area contributed by atoms with E-state index in [0.717, 1.165) is 18.6 Å². The SMILES string of the molecule is N#Cc1cccc(NC(CN2CCCC2=O)c2cccc(C(F)(F)F)c2)n1. The molecule has 0 radical (unpaired) electrons. The van der Waals surface area contributed by atoms with E-state index in [9.17, 15) is 18.0 Å². The molecular formula is C19H17F3N4O. The van der Waals surface area contributed by atoms with Crippen LogP contribution in [-0.4, -0.2) is 28.9 Å². The molecule has 1 aromatic carbocycles. The van der Waals surface area contributed by atoms with Gasteiger partial charge in [0, 0.05) is 19.5 Å². The quantitative estimate of drug-likeness (QED) is 0.866. The zero-order valence-electron chi connectivity index (χ0n) is 14.3. The van der Waals surface area contributed by atoms with Crippen molar-refractivity contribution < 1.29 is 18.0 Å². The summed E-state index contributed by atoms with van der Waals surface area (Å²) in [6.45, 7) is 0.792. The molecular weight excluding hydrogens is 357 g/mol. The predicted octanol–water partition coefficient (Wildman–Crippen LogP) is 3.75. The second-order valence-corrected chi connectivity index (χ2v) is 6.28. The topological polar surface area (TPSA) is 69.0 Å². The molecule has 1 N–H and O–H groups in total. The van der Waals surface area contributed by atoms with E-state index < -0.39 is 17.8 Å². The van der Waals surface area contributed by atoms with Gasteiger partial charge in [0.05, 0.1) is 11.6 Å². The average molecular weight is 374 g/mol. The molecule has 2 heterocycles. The number of alkyl halides is 3. The van der Waals surface area contributed by atoms with E-state index >= 15 is 0 Å². The number of amides is 1. The number of likely N-dealkylation sites (tertiary alicyclic amines) is 1. The molecule has 0 saturated carbocycles. The van der Waals surface area contributed by atoms with Crippen LogP contribution in [0.25, 0.3) is 0 Å². The predicted molar refractivity (Wildman–Crippen MR) is 92.6 cm³/mol. The van der Waals surface area contributed by atoms with Crippen molar-refractivity contribution in [1.29, 1.82) is 5.26 Å². The summed E-state index contributed by atoms with van der Waals surface area (Å²) in [5.41, 5.74) is -0.160. The second kappa shape index (κ2) is 7.66. The van der Waals surface area contributed by atoms with Crippen LogP contribution in [0.2, 0.25) is 0 Å². The molecule has 1 unspecified atom stereocenters. The number of rotatable bonds is 5. The summed E-state index contributed by atoms with van der Waals surface area (Å²) in [5, 5.41) is 12.1. The normalized spacial score (nSPS) is 15.5. The summed E-state index contributed by atoms with van der Waals surface area (Å²) in [6, 6.07) is 11.2. The summed E-state index contributed by atoms with van der Waals surface area (Å²) in [4.78, 5) is 17.7. The minimum Gasteiger partial charge on any atom is -0.361 e. The molecule has 2 aromatic rings. The van der Waals surface area contributed by atoms with E-state index in [-0.39, 0.29) is 18.1 Å². The summed E-state index contributed by atoms with van der Waals surface area (Å²) in [5.74, 6) is 0.343. The van der Waals surface area contributed by atoms with E-state index in [0.29, 0.717) is 24.3 Å². The number of nitrogens with one attached hydrogen (secondary N) is 1. The van der Waals surface area contributed by atoms with Crippen molar-refractivity contribution in [3.05, 3.63) is 59.3 Å². The minimum absolute atomic E-state index is 0.0208. The van der Waals surface area contributed by atoms with Crippen LogP contribution < -0.4 is 5.32 Å². The van der Waals surface area contributed by atoms with Gasteiger partial charge in [-0.2, -0.15) is 18.4 Å². The third kappa shape index (κ3) is 4.56. The minimum atomic E-state index is -4.46. The highest BCUT2D eigenvalue weighted by Gasteiger charge is 2.32. The van der Waals surface area contributed by atoms with Crippen LogP contribution in [0.1, 0.15) is 35.7 Å². The van der Waals surface area contributed by atoms with Crippen molar-refractivity contribution in [2.24, 2.45) is 0 Å². The molecule has 1 aliphatic rings. The van der Waals surface area contributed by atoms with Gasteiger partial charge in [-0.1, -0.05) is 18.2 Å². The molecule has 1 saturated heterocycles. The Hall–Kier alpha value is -3.08. The van der Waals surface area contributed by atoms with E-state index in [1.807, 2.05) is 6.07 Å². The number of carbonyl (C=O) groups excluding carboxylic acids is 1. The lowest BCUT2D eigenvalue weighted by molar-refractivity contribution is -0.137. The maximum absolute atomic E-state index is 13.1. The van der Waals surface area contributed by atoms with Crippen molar-refractivity contribution in [3.8, 4) is 6.07 Å². The van der Waals surface area contributed by atoms with E-state index in [2.05, 4.69) is 10.3 Å². The lowest BCUT2D eigenvalue weighted by Gasteiger charge is -2.26. The molecule has 1 aromatic heterocycles. The number of nitrogens with zero attached hydrogens (tertiary/aromatic N) is 3. The van der Waals surface area contributed by atoms with E-state index in [1.165, 1.54) is 12.1 Å². The largest absolute Gasteiger partial charge is 0.416 e. The van der Waals surface area contributed by atoms with Crippen LogP contribution in [0.3, 0.4) is 0 Å². The van der Waals surface area contributed by atoms with Gasteiger partial charge in [0.15, 0.2) is 0 Å². The third-order valence-corrected chi connectivity index (χ3v) is 4.38. The van der Waals surface area contributed by atoms with E-state index in [4.69, 9.17) is 5.26 Å². The number of carbonyl (C=O) groups is 1. The number of hydrogen-bond donors (Lipinski definition) is 1. The first kappa shape index (κ1) is 18.7. The van der Waals surface area contributed by atoms with Crippen molar-refractivity contribution in [1.82, 2.24) is 9.88 Å². The van der Waals surface area contributed by atoms with Gasteiger partial charge < -0.3 is 10.2 Å². The van der Waals surface area contributed by atoms with Gasteiger partial charge in [0.1, 0.15) is 17.6 Å². The number of benzene rings is 1. The Labute approximate surface area is 154 Å². The fourth-order valence-electron chi connectivity index (χ4n) is 3.04. The summed E-state index contributed by atoms with van der Waals surface area (Å²) >= 11 is 0. The number of halogens is 3. The Morgan fingerprint density at radius 3 is 2.70 bits per heavy atom. The first-order chi connectivity index (χ1) is 12.9. The Bertz CT molecular complexity index is 876. The number of nitriles is 1. The van der Waals surface area contributed by atoms with Crippen LogP contribution in [0.5, 0.6) is 0 Å².